The van der Waals surface area contributed by atoms with Gasteiger partial charge in [0.25, 0.3) is 0 Å². The number of hydrogen-bond donors (Lipinski definition) is 1. The molecule has 1 fully saturated rings. The number of hydrogen-bond acceptors (Lipinski definition) is 5. The van der Waals surface area contributed by atoms with Crippen LogP contribution in [0.2, 0.25) is 0 Å². The van der Waals surface area contributed by atoms with Gasteiger partial charge in [0.2, 0.25) is 5.95 Å². The van der Waals surface area contributed by atoms with Crippen molar-refractivity contribution in [1.29, 1.82) is 0 Å². The van der Waals surface area contributed by atoms with Crippen LogP contribution in [0.1, 0.15) is 26.0 Å². The molecule has 1 aliphatic rings. The van der Waals surface area contributed by atoms with Crippen LogP contribution in [0.3, 0.4) is 0 Å². The molecule has 0 aromatic carbocycles. The van der Waals surface area contributed by atoms with Crippen molar-refractivity contribution in [1.82, 2.24) is 9.97 Å². The molecule has 0 radical (unpaired) electrons. The lowest BCUT2D eigenvalue weighted by Gasteiger charge is -2.22. The SMILES string of the molecule is CC1(C)CCN(c2nccc(CN)n2)CCS1. The van der Waals surface area contributed by atoms with Gasteiger partial charge in [-0.3, -0.25) is 0 Å². The third-order valence-corrected chi connectivity index (χ3v) is 4.40. The molecule has 5 heteroatoms. The van der Waals surface area contributed by atoms with E-state index in [0.717, 1.165) is 36.9 Å². The molecule has 1 saturated heterocycles. The van der Waals surface area contributed by atoms with Crippen LogP contribution < -0.4 is 10.6 Å². The van der Waals surface area contributed by atoms with Crippen LogP contribution >= 0.6 is 11.8 Å². The minimum atomic E-state index is 0.361. The molecule has 1 aromatic rings. The summed E-state index contributed by atoms with van der Waals surface area (Å²) in [5.41, 5.74) is 6.52. The summed E-state index contributed by atoms with van der Waals surface area (Å²) >= 11 is 2.03. The summed E-state index contributed by atoms with van der Waals surface area (Å²) < 4.78 is 0.361. The highest BCUT2D eigenvalue weighted by molar-refractivity contribution is 8.00. The van der Waals surface area contributed by atoms with E-state index in [4.69, 9.17) is 5.73 Å². The second-order valence-electron chi connectivity index (χ2n) is 4.90. The molecule has 17 heavy (non-hydrogen) atoms. The smallest absolute Gasteiger partial charge is 0.225 e. The van der Waals surface area contributed by atoms with Gasteiger partial charge in [0.05, 0.1) is 5.69 Å². The molecule has 2 heterocycles. The third kappa shape index (κ3) is 3.33. The Morgan fingerprint density at radius 1 is 1.47 bits per heavy atom. The molecule has 4 nitrogen and oxygen atoms in total. The predicted octanol–water partition coefficient (Wildman–Crippen LogP) is 1.66. The molecule has 2 rings (SSSR count). The lowest BCUT2D eigenvalue weighted by Crippen LogP contribution is -2.29. The van der Waals surface area contributed by atoms with Crippen LogP contribution in [0, 0.1) is 0 Å². The highest BCUT2D eigenvalue weighted by Crippen LogP contribution is 2.31. The Hall–Kier alpha value is -0.810. The Morgan fingerprint density at radius 3 is 3.06 bits per heavy atom. The summed E-state index contributed by atoms with van der Waals surface area (Å²) in [5, 5.41) is 0. The maximum Gasteiger partial charge on any atom is 0.225 e. The average molecular weight is 252 g/mol. The van der Waals surface area contributed by atoms with Crippen LogP contribution in [0.15, 0.2) is 12.3 Å². The lowest BCUT2D eigenvalue weighted by atomic mass is 10.1. The second-order valence-corrected chi connectivity index (χ2v) is 6.70. The quantitative estimate of drug-likeness (QED) is 0.867. The van der Waals surface area contributed by atoms with E-state index in [0.29, 0.717) is 11.3 Å². The zero-order valence-corrected chi connectivity index (χ0v) is 11.3. The number of nitrogens with zero attached hydrogens (tertiary/aromatic N) is 3. The normalized spacial score (nSPS) is 20.1. The van der Waals surface area contributed by atoms with Gasteiger partial charge in [-0.25, -0.2) is 9.97 Å². The first-order chi connectivity index (χ1) is 8.11. The van der Waals surface area contributed by atoms with Crippen molar-refractivity contribution >= 4 is 17.7 Å². The summed E-state index contributed by atoms with van der Waals surface area (Å²) in [6.07, 6.45) is 2.96. The van der Waals surface area contributed by atoms with Gasteiger partial charge < -0.3 is 10.6 Å². The van der Waals surface area contributed by atoms with E-state index in [1.54, 1.807) is 6.20 Å². The second kappa shape index (κ2) is 5.23. The van der Waals surface area contributed by atoms with Crippen molar-refractivity contribution < 1.29 is 0 Å². The van der Waals surface area contributed by atoms with E-state index in [-0.39, 0.29) is 0 Å². The first kappa shape index (κ1) is 12.6. The van der Waals surface area contributed by atoms with Gasteiger partial charge in [-0.2, -0.15) is 11.8 Å². The van der Waals surface area contributed by atoms with E-state index in [2.05, 4.69) is 28.7 Å². The molecule has 94 valence electrons. The average Bonchev–Trinajstić information content (AvgIpc) is 2.50. The summed E-state index contributed by atoms with van der Waals surface area (Å²) in [4.78, 5) is 11.1. The van der Waals surface area contributed by atoms with Crippen molar-refractivity contribution in [2.45, 2.75) is 31.6 Å². The van der Waals surface area contributed by atoms with Crippen molar-refractivity contribution in [3.05, 3.63) is 18.0 Å². The number of anilines is 1. The van der Waals surface area contributed by atoms with Gasteiger partial charge in [-0.15, -0.1) is 0 Å². The van der Waals surface area contributed by atoms with E-state index in [1.165, 1.54) is 0 Å². The van der Waals surface area contributed by atoms with Crippen LogP contribution in [-0.2, 0) is 6.54 Å². The topological polar surface area (TPSA) is 55.0 Å². The minimum absolute atomic E-state index is 0.361. The fraction of sp³-hybridized carbons (Fsp3) is 0.667. The zero-order chi connectivity index (χ0) is 12.3. The van der Waals surface area contributed by atoms with Crippen molar-refractivity contribution in [3.63, 3.8) is 0 Å². The number of aromatic nitrogens is 2. The standard InChI is InChI=1S/C12H20N4S/c1-12(2)4-6-16(7-8-17-12)11-14-5-3-10(9-13)15-11/h3,5H,4,6-9,13H2,1-2H3. The highest BCUT2D eigenvalue weighted by Gasteiger charge is 2.24. The Labute approximate surface area is 107 Å². The minimum Gasteiger partial charge on any atom is -0.340 e. The van der Waals surface area contributed by atoms with Crippen LogP contribution in [0.5, 0.6) is 0 Å². The first-order valence-electron chi connectivity index (χ1n) is 6.02. The van der Waals surface area contributed by atoms with Crippen LogP contribution in [0.4, 0.5) is 5.95 Å². The van der Waals surface area contributed by atoms with E-state index >= 15 is 0 Å². The van der Waals surface area contributed by atoms with Gasteiger partial charge in [0.15, 0.2) is 0 Å². The highest BCUT2D eigenvalue weighted by atomic mass is 32.2. The van der Waals surface area contributed by atoms with Crippen LogP contribution in [0.25, 0.3) is 0 Å². The van der Waals surface area contributed by atoms with Crippen molar-refractivity contribution in [2.75, 3.05) is 23.7 Å². The number of thioether (sulfide) groups is 1. The molecule has 0 spiro atoms. The molecular formula is C12H20N4S. The van der Waals surface area contributed by atoms with E-state index in [1.807, 2.05) is 17.8 Å². The molecule has 0 atom stereocenters. The zero-order valence-electron chi connectivity index (χ0n) is 10.5. The molecule has 0 bridgehead atoms. The van der Waals surface area contributed by atoms with Gasteiger partial charge in [-0.05, 0) is 12.5 Å². The molecule has 1 aliphatic heterocycles. The van der Waals surface area contributed by atoms with Gasteiger partial charge >= 0.3 is 0 Å². The molecule has 0 saturated carbocycles. The van der Waals surface area contributed by atoms with Gasteiger partial charge in [-0.1, -0.05) is 13.8 Å². The Balaban J connectivity index is 2.11. The summed E-state index contributed by atoms with van der Waals surface area (Å²) in [5.74, 6) is 1.95. The van der Waals surface area contributed by atoms with Gasteiger partial charge in [0, 0.05) is 36.3 Å². The molecule has 2 N–H and O–H groups in total. The molecule has 0 amide bonds. The molecule has 1 aromatic heterocycles. The van der Waals surface area contributed by atoms with Crippen LogP contribution in [-0.4, -0.2) is 33.6 Å². The fourth-order valence-corrected chi connectivity index (χ4v) is 2.97. The van der Waals surface area contributed by atoms with Crippen molar-refractivity contribution in [2.24, 2.45) is 5.73 Å². The monoisotopic (exact) mass is 252 g/mol. The fourth-order valence-electron chi connectivity index (χ4n) is 1.87. The maximum absolute atomic E-state index is 5.61. The Kier molecular flexibility index (Phi) is 3.89. The Bertz CT molecular complexity index is 381. The molecule has 0 aliphatic carbocycles. The largest absolute Gasteiger partial charge is 0.340 e. The molecular weight excluding hydrogens is 232 g/mol. The van der Waals surface area contributed by atoms with E-state index in [9.17, 15) is 0 Å². The number of rotatable bonds is 2. The van der Waals surface area contributed by atoms with E-state index < -0.39 is 0 Å². The van der Waals surface area contributed by atoms with Crippen molar-refractivity contribution in [3.8, 4) is 0 Å². The lowest BCUT2D eigenvalue weighted by molar-refractivity contribution is 0.631. The van der Waals surface area contributed by atoms with Gasteiger partial charge in [0.1, 0.15) is 0 Å². The third-order valence-electron chi connectivity index (χ3n) is 3.03. The molecule has 0 unspecified atom stereocenters. The Morgan fingerprint density at radius 2 is 2.29 bits per heavy atom. The first-order valence-corrected chi connectivity index (χ1v) is 7.00. The summed E-state index contributed by atoms with van der Waals surface area (Å²) in [7, 11) is 0. The summed E-state index contributed by atoms with van der Waals surface area (Å²) in [6.45, 7) is 7.12. The maximum atomic E-state index is 5.61. The summed E-state index contributed by atoms with van der Waals surface area (Å²) in [6, 6.07) is 1.88. The number of nitrogens with two attached hydrogens (primary N) is 1. The predicted molar refractivity (Wildman–Crippen MR) is 73.3 cm³/mol.